The van der Waals surface area contributed by atoms with Gasteiger partial charge in [0.2, 0.25) is 0 Å². The third-order valence-electron chi connectivity index (χ3n) is 5.28. The van der Waals surface area contributed by atoms with E-state index in [0.29, 0.717) is 11.9 Å². The molecule has 2 heterocycles. The molecule has 0 atom stereocenters. The van der Waals surface area contributed by atoms with Crippen LogP contribution in [0.15, 0.2) is 36.8 Å². The van der Waals surface area contributed by atoms with E-state index < -0.39 is 8.07 Å². The minimum atomic E-state index is -1.13. The van der Waals surface area contributed by atoms with E-state index in [1.54, 1.807) is 6.07 Å². The molecular formula is C22H28ClN3O2Si. The van der Waals surface area contributed by atoms with Gasteiger partial charge in [-0.2, -0.15) is 0 Å². The summed E-state index contributed by atoms with van der Waals surface area (Å²) in [7, 11) is -1.13. The molecule has 1 saturated carbocycles. The van der Waals surface area contributed by atoms with Gasteiger partial charge in [-0.25, -0.2) is 9.97 Å². The van der Waals surface area contributed by atoms with E-state index in [4.69, 9.17) is 21.1 Å². The average molecular weight is 430 g/mol. The first-order valence-electron chi connectivity index (χ1n) is 10.1. The molecular weight excluding hydrogens is 402 g/mol. The Balaban J connectivity index is 1.68. The molecule has 0 unspecified atom stereocenters. The van der Waals surface area contributed by atoms with Crippen LogP contribution in [0.1, 0.15) is 19.8 Å². The first-order valence-corrected chi connectivity index (χ1v) is 14.2. The lowest BCUT2D eigenvalue weighted by Crippen LogP contribution is -2.22. The summed E-state index contributed by atoms with van der Waals surface area (Å²) < 4.78 is 14.3. The van der Waals surface area contributed by atoms with Crippen LogP contribution in [0.4, 0.5) is 0 Å². The van der Waals surface area contributed by atoms with Crippen LogP contribution in [-0.4, -0.2) is 34.8 Å². The van der Waals surface area contributed by atoms with Crippen LogP contribution in [0.25, 0.3) is 22.2 Å². The van der Waals surface area contributed by atoms with E-state index in [1.807, 2.05) is 6.07 Å². The molecule has 0 saturated heterocycles. The predicted molar refractivity (Wildman–Crippen MR) is 120 cm³/mol. The maximum Gasteiger partial charge on any atom is 0.133 e. The zero-order chi connectivity index (χ0) is 20.6. The standard InChI is InChI=1S/C22H28ClN3O2Si/c1-22(7-8-22)28-17-6-5-16-13-26(15-27-9-10-29(2,3)4)21(18(16)11-17)19-12-20(23)25-14-24-19/h5-6,11-14H,7-10,15H2,1-4H3. The Bertz CT molecular complexity index is 1020. The molecule has 0 N–H and O–H groups in total. The highest BCUT2D eigenvalue weighted by Crippen LogP contribution is 2.41. The minimum Gasteiger partial charge on any atom is -0.488 e. The van der Waals surface area contributed by atoms with Crippen molar-refractivity contribution in [1.29, 1.82) is 0 Å². The quantitative estimate of drug-likeness (QED) is 0.250. The second kappa shape index (κ2) is 7.74. The van der Waals surface area contributed by atoms with Crippen LogP contribution in [0.2, 0.25) is 30.8 Å². The second-order valence-corrected chi connectivity index (χ2v) is 15.3. The van der Waals surface area contributed by atoms with Crippen LogP contribution in [0.3, 0.4) is 0 Å². The number of rotatable bonds is 8. The molecule has 5 nitrogen and oxygen atoms in total. The number of aromatic nitrogens is 3. The van der Waals surface area contributed by atoms with E-state index in [0.717, 1.165) is 53.4 Å². The molecule has 1 aliphatic rings. The summed E-state index contributed by atoms with van der Waals surface area (Å²) >= 11 is 6.16. The van der Waals surface area contributed by atoms with Crippen LogP contribution in [-0.2, 0) is 11.5 Å². The van der Waals surface area contributed by atoms with Crippen molar-refractivity contribution >= 4 is 30.4 Å². The summed E-state index contributed by atoms with van der Waals surface area (Å²) in [5, 5.41) is 2.63. The maximum absolute atomic E-state index is 6.19. The highest BCUT2D eigenvalue weighted by Gasteiger charge is 2.40. The van der Waals surface area contributed by atoms with Crippen molar-refractivity contribution in [2.24, 2.45) is 0 Å². The van der Waals surface area contributed by atoms with Crippen molar-refractivity contribution in [3.05, 3.63) is 41.9 Å². The Morgan fingerprint density at radius 1 is 1.17 bits per heavy atom. The molecule has 7 heteroatoms. The smallest absolute Gasteiger partial charge is 0.133 e. The summed E-state index contributed by atoms with van der Waals surface area (Å²) in [5.41, 5.74) is 1.74. The third-order valence-corrected chi connectivity index (χ3v) is 7.19. The number of ether oxygens (including phenoxy) is 2. The number of nitrogens with zero attached hydrogens (tertiary/aromatic N) is 3. The largest absolute Gasteiger partial charge is 0.488 e. The monoisotopic (exact) mass is 429 g/mol. The first kappa shape index (κ1) is 20.4. The second-order valence-electron chi connectivity index (χ2n) is 9.32. The van der Waals surface area contributed by atoms with E-state index in [9.17, 15) is 0 Å². The summed E-state index contributed by atoms with van der Waals surface area (Å²) in [6, 6.07) is 9.17. The lowest BCUT2D eigenvalue weighted by atomic mass is 10.1. The number of hydrogen-bond donors (Lipinski definition) is 0. The molecule has 2 aromatic heterocycles. The fourth-order valence-electron chi connectivity index (χ4n) is 3.26. The summed E-state index contributed by atoms with van der Waals surface area (Å²) in [5.74, 6) is 0.885. The van der Waals surface area contributed by atoms with Gasteiger partial charge >= 0.3 is 0 Å². The normalized spacial score (nSPS) is 15.6. The van der Waals surface area contributed by atoms with E-state index in [2.05, 4.69) is 59.4 Å². The zero-order valence-corrected chi connectivity index (χ0v) is 19.3. The molecule has 1 aliphatic carbocycles. The molecule has 1 aromatic carbocycles. The van der Waals surface area contributed by atoms with Crippen molar-refractivity contribution in [3.8, 4) is 17.1 Å². The first-order chi connectivity index (χ1) is 13.7. The average Bonchev–Trinajstić information content (AvgIpc) is 3.25. The summed E-state index contributed by atoms with van der Waals surface area (Å²) in [6.07, 6.45) is 5.81. The predicted octanol–water partition coefficient (Wildman–Crippen LogP) is 6.00. The van der Waals surface area contributed by atoms with Crippen molar-refractivity contribution in [3.63, 3.8) is 0 Å². The van der Waals surface area contributed by atoms with E-state index >= 15 is 0 Å². The molecule has 1 fully saturated rings. The van der Waals surface area contributed by atoms with Crippen molar-refractivity contribution in [2.75, 3.05) is 6.61 Å². The Morgan fingerprint density at radius 3 is 2.66 bits per heavy atom. The molecule has 4 rings (SSSR count). The van der Waals surface area contributed by atoms with Crippen molar-refractivity contribution < 1.29 is 9.47 Å². The van der Waals surface area contributed by atoms with Gasteiger partial charge in [-0.3, -0.25) is 0 Å². The topological polar surface area (TPSA) is 49.2 Å². The lowest BCUT2D eigenvalue weighted by molar-refractivity contribution is 0.0887. The van der Waals surface area contributed by atoms with Gasteiger partial charge in [0.15, 0.2) is 0 Å². The molecule has 3 aromatic rings. The number of halogens is 1. The molecule has 0 amide bonds. The highest BCUT2D eigenvalue weighted by atomic mass is 35.5. The van der Waals surface area contributed by atoms with Crippen molar-refractivity contribution in [2.45, 2.75) is 57.8 Å². The fraction of sp³-hybridized carbons (Fsp3) is 0.455. The summed E-state index contributed by atoms with van der Waals surface area (Å²) in [4.78, 5) is 8.50. The van der Waals surface area contributed by atoms with Crippen LogP contribution in [0.5, 0.6) is 5.75 Å². The van der Waals surface area contributed by atoms with Gasteiger partial charge in [0.1, 0.15) is 29.6 Å². The highest BCUT2D eigenvalue weighted by molar-refractivity contribution is 6.76. The molecule has 0 radical (unpaired) electrons. The molecule has 0 spiro atoms. The lowest BCUT2D eigenvalue weighted by Gasteiger charge is -2.16. The number of benzene rings is 1. The Hall–Kier alpha value is -1.89. The number of fused-ring (bicyclic) bond motifs is 1. The van der Waals surface area contributed by atoms with Gasteiger partial charge in [0, 0.05) is 37.7 Å². The van der Waals surface area contributed by atoms with Gasteiger partial charge in [0.05, 0.1) is 11.4 Å². The number of hydrogen-bond acceptors (Lipinski definition) is 4. The van der Waals surface area contributed by atoms with E-state index in [-0.39, 0.29) is 5.60 Å². The third kappa shape index (κ3) is 5.00. The Morgan fingerprint density at radius 2 is 1.97 bits per heavy atom. The fourth-order valence-corrected chi connectivity index (χ4v) is 4.16. The van der Waals surface area contributed by atoms with Crippen molar-refractivity contribution in [1.82, 2.24) is 14.5 Å². The Labute approximate surface area is 178 Å². The van der Waals surface area contributed by atoms with Gasteiger partial charge in [-0.15, -0.1) is 0 Å². The van der Waals surface area contributed by atoms with Gasteiger partial charge < -0.3 is 14.0 Å². The minimum absolute atomic E-state index is 0.0193. The molecule has 0 aliphatic heterocycles. The SMILES string of the molecule is CC1(Oc2ccc3cn(COCC[Si](C)(C)C)c(-c4cc(Cl)ncn4)c3c2)CC1. The van der Waals surface area contributed by atoms with Crippen LogP contribution in [0, 0.1) is 0 Å². The summed E-state index contributed by atoms with van der Waals surface area (Å²) in [6.45, 7) is 10.5. The maximum atomic E-state index is 6.19. The van der Waals surface area contributed by atoms with E-state index in [1.165, 1.54) is 6.33 Å². The zero-order valence-electron chi connectivity index (χ0n) is 17.5. The van der Waals surface area contributed by atoms with Crippen LogP contribution >= 0.6 is 11.6 Å². The van der Waals surface area contributed by atoms with Gasteiger partial charge in [0.25, 0.3) is 0 Å². The molecule has 29 heavy (non-hydrogen) atoms. The Kier molecular flexibility index (Phi) is 5.44. The van der Waals surface area contributed by atoms with Crippen LogP contribution < -0.4 is 4.74 Å². The molecule has 0 bridgehead atoms. The van der Waals surface area contributed by atoms with Gasteiger partial charge in [-0.05, 0) is 44.0 Å². The van der Waals surface area contributed by atoms with Gasteiger partial charge in [-0.1, -0.05) is 31.2 Å². The molecule has 154 valence electrons.